The second-order valence-electron chi connectivity index (χ2n) is 4.32. The zero-order valence-electron chi connectivity index (χ0n) is 9.49. The Hall–Kier alpha value is -1.21. The first-order valence-corrected chi connectivity index (χ1v) is 5.87. The van der Waals surface area contributed by atoms with Crippen molar-refractivity contribution in [1.29, 1.82) is 0 Å². The second kappa shape index (κ2) is 5.19. The maximum Gasteiger partial charge on any atom is 0.275 e. The number of halogens is 1. The lowest BCUT2D eigenvalue weighted by atomic mass is 10.1. The van der Waals surface area contributed by atoms with Gasteiger partial charge in [-0.05, 0) is 6.07 Å². The summed E-state index contributed by atoms with van der Waals surface area (Å²) < 4.78 is 0. The third-order valence-electron chi connectivity index (χ3n) is 3.01. The topological polar surface area (TPSA) is 86.8 Å². The van der Waals surface area contributed by atoms with Crippen LogP contribution in [0.5, 0.6) is 0 Å². The molecule has 1 aliphatic rings. The van der Waals surface area contributed by atoms with Crippen molar-refractivity contribution < 1.29 is 15.1 Å². The molecule has 1 fully saturated rings. The molecular weight excluding hydrogens is 260 g/mol. The summed E-state index contributed by atoms with van der Waals surface area (Å²) >= 11 is 5.97. The molecule has 6 nitrogen and oxygen atoms in total. The Labute approximate surface area is 109 Å². The zero-order chi connectivity index (χ0) is 13.3. The lowest BCUT2D eigenvalue weighted by molar-refractivity contribution is -0.385. The van der Waals surface area contributed by atoms with Gasteiger partial charge in [-0.15, -0.1) is 0 Å². The SMILES string of the molecule is O=[N+]([O-])c1cccc(Cl)c1CN1CC(O)C(O)C1. The zero-order valence-corrected chi connectivity index (χ0v) is 10.2. The molecule has 2 rings (SSSR count). The number of rotatable bonds is 3. The van der Waals surface area contributed by atoms with Gasteiger partial charge in [-0.1, -0.05) is 17.7 Å². The molecule has 1 saturated heterocycles. The molecule has 0 spiro atoms. The standard InChI is InChI=1S/C11H13ClN2O4/c12-8-2-1-3-9(14(17)18)7(8)4-13-5-10(15)11(16)6-13/h1-3,10-11,15-16H,4-6H2. The normalized spacial score (nSPS) is 24.4. The van der Waals surface area contributed by atoms with Gasteiger partial charge >= 0.3 is 0 Å². The van der Waals surface area contributed by atoms with E-state index in [1.165, 1.54) is 12.1 Å². The van der Waals surface area contributed by atoms with Crippen LogP contribution < -0.4 is 0 Å². The van der Waals surface area contributed by atoms with Crippen LogP contribution in [0.1, 0.15) is 5.56 Å². The highest BCUT2D eigenvalue weighted by molar-refractivity contribution is 6.31. The van der Waals surface area contributed by atoms with Gasteiger partial charge in [0.25, 0.3) is 5.69 Å². The predicted molar refractivity (Wildman–Crippen MR) is 65.4 cm³/mol. The number of hydrogen-bond donors (Lipinski definition) is 2. The maximum absolute atomic E-state index is 10.9. The highest BCUT2D eigenvalue weighted by atomic mass is 35.5. The van der Waals surface area contributed by atoms with Gasteiger partial charge in [0.05, 0.1) is 27.7 Å². The molecule has 0 amide bonds. The molecular formula is C11H13ClN2O4. The van der Waals surface area contributed by atoms with Crippen LogP contribution in [0.15, 0.2) is 18.2 Å². The first kappa shape index (κ1) is 13.2. The predicted octanol–water partition coefficient (Wildman–Crippen LogP) is 0.786. The van der Waals surface area contributed by atoms with Crippen molar-refractivity contribution in [1.82, 2.24) is 4.90 Å². The van der Waals surface area contributed by atoms with Gasteiger partial charge in [0.1, 0.15) is 0 Å². The third kappa shape index (κ3) is 2.62. The molecule has 0 aromatic heterocycles. The van der Waals surface area contributed by atoms with Crippen molar-refractivity contribution >= 4 is 17.3 Å². The van der Waals surface area contributed by atoms with Crippen LogP contribution in [0, 0.1) is 10.1 Å². The first-order valence-electron chi connectivity index (χ1n) is 5.49. The van der Waals surface area contributed by atoms with Gasteiger partial charge in [-0.25, -0.2) is 0 Å². The molecule has 0 radical (unpaired) electrons. The Kier molecular flexibility index (Phi) is 3.82. The number of nitrogens with zero attached hydrogens (tertiary/aromatic N) is 2. The summed E-state index contributed by atoms with van der Waals surface area (Å²) in [5.74, 6) is 0. The number of β-amino-alcohol motifs (C(OH)–C–C–N with tert-alkyl or cyclic N) is 2. The van der Waals surface area contributed by atoms with E-state index in [-0.39, 0.29) is 25.3 Å². The number of hydrogen-bond acceptors (Lipinski definition) is 5. The van der Waals surface area contributed by atoms with Crippen molar-refractivity contribution in [2.24, 2.45) is 0 Å². The Bertz CT molecular complexity index is 458. The fourth-order valence-corrected chi connectivity index (χ4v) is 2.30. The number of nitro benzene ring substituents is 1. The summed E-state index contributed by atoms with van der Waals surface area (Å²) in [6.45, 7) is 0.803. The highest BCUT2D eigenvalue weighted by Crippen LogP contribution is 2.28. The number of aliphatic hydroxyl groups is 2. The van der Waals surface area contributed by atoms with Crippen molar-refractivity contribution in [2.45, 2.75) is 18.8 Å². The van der Waals surface area contributed by atoms with Crippen LogP contribution in [0.2, 0.25) is 5.02 Å². The largest absolute Gasteiger partial charge is 0.389 e. The summed E-state index contributed by atoms with van der Waals surface area (Å²) in [6.07, 6.45) is -1.63. The van der Waals surface area contributed by atoms with Gasteiger partial charge in [-0.2, -0.15) is 0 Å². The second-order valence-corrected chi connectivity index (χ2v) is 4.73. The number of likely N-dealkylation sites (tertiary alicyclic amines) is 1. The van der Waals surface area contributed by atoms with Gasteiger partial charge < -0.3 is 10.2 Å². The van der Waals surface area contributed by atoms with Gasteiger partial charge in [0.2, 0.25) is 0 Å². The summed E-state index contributed by atoms with van der Waals surface area (Å²) in [4.78, 5) is 12.2. The van der Waals surface area contributed by atoms with E-state index in [1.54, 1.807) is 11.0 Å². The molecule has 98 valence electrons. The van der Waals surface area contributed by atoms with E-state index in [9.17, 15) is 20.3 Å². The van der Waals surface area contributed by atoms with Gasteiger partial charge in [-0.3, -0.25) is 15.0 Å². The van der Waals surface area contributed by atoms with E-state index in [1.807, 2.05) is 0 Å². The summed E-state index contributed by atoms with van der Waals surface area (Å²) in [5.41, 5.74) is 0.365. The van der Waals surface area contributed by atoms with Crippen LogP contribution in [0.25, 0.3) is 0 Å². The monoisotopic (exact) mass is 272 g/mol. The van der Waals surface area contributed by atoms with Crippen LogP contribution in [0.3, 0.4) is 0 Å². The number of benzene rings is 1. The van der Waals surface area contributed by atoms with Crippen molar-refractivity contribution in [2.75, 3.05) is 13.1 Å². The van der Waals surface area contributed by atoms with Crippen LogP contribution >= 0.6 is 11.6 Å². The Morgan fingerprint density at radius 3 is 2.56 bits per heavy atom. The van der Waals surface area contributed by atoms with Crippen LogP contribution in [-0.2, 0) is 6.54 Å². The van der Waals surface area contributed by atoms with E-state index in [4.69, 9.17) is 11.6 Å². The molecule has 2 N–H and O–H groups in total. The molecule has 2 atom stereocenters. The molecule has 0 saturated carbocycles. The Morgan fingerprint density at radius 1 is 1.39 bits per heavy atom. The lowest BCUT2D eigenvalue weighted by Gasteiger charge is -2.15. The molecule has 18 heavy (non-hydrogen) atoms. The summed E-state index contributed by atoms with van der Waals surface area (Å²) in [6, 6.07) is 4.51. The fourth-order valence-electron chi connectivity index (χ4n) is 2.07. The molecule has 0 aliphatic carbocycles. The molecule has 7 heteroatoms. The number of aliphatic hydroxyl groups excluding tert-OH is 2. The van der Waals surface area contributed by atoms with Crippen LogP contribution in [0.4, 0.5) is 5.69 Å². The smallest absolute Gasteiger partial charge is 0.275 e. The van der Waals surface area contributed by atoms with Gasteiger partial charge in [0, 0.05) is 25.7 Å². The Morgan fingerprint density at radius 2 is 2.00 bits per heavy atom. The quantitative estimate of drug-likeness (QED) is 0.627. The van der Waals surface area contributed by atoms with Crippen molar-refractivity contribution in [3.63, 3.8) is 0 Å². The summed E-state index contributed by atoms with van der Waals surface area (Å²) in [5, 5.41) is 30.1. The molecule has 1 aliphatic heterocycles. The molecule has 0 bridgehead atoms. The highest BCUT2D eigenvalue weighted by Gasteiger charge is 2.31. The minimum atomic E-state index is -0.813. The van der Waals surface area contributed by atoms with E-state index >= 15 is 0 Å². The minimum Gasteiger partial charge on any atom is -0.389 e. The lowest BCUT2D eigenvalue weighted by Crippen LogP contribution is -2.22. The average Bonchev–Trinajstić information content (AvgIpc) is 2.60. The fraction of sp³-hybridized carbons (Fsp3) is 0.455. The van der Waals surface area contributed by atoms with Crippen LogP contribution in [-0.4, -0.2) is 45.3 Å². The first-order chi connectivity index (χ1) is 8.49. The Balaban J connectivity index is 2.21. The van der Waals surface area contributed by atoms with E-state index in [0.29, 0.717) is 10.6 Å². The maximum atomic E-state index is 10.9. The third-order valence-corrected chi connectivity index (χ3v) is 3.36. The van der Waals surface area contributed by atoms with E-state index in [2.05, 4.69) is 0 Å². The molecule has 1 aromatic rings. The van der Waals surface area contributed by atoms with E-state index < -0.39 is 17.1 Å². The van der Waals surface area contributed by atoms with E-state index in [0.717, 1.165) is 0 Å². The molecule has 2 unspecified atom stereocenters. The van der Waals surface area contributed by atoms with Crippen molar-refractivity contribution in [3.8, 4) is 0 Å². The number of nitro groups is 1. The van der Waals surface area contributed by atoms with Gasteiger partial charge in [0.15, 0.2) is 0 Å². The summed E-state index contributed by atoms with van der Waals surface area (Å²) in [7, 11) is 0. The minimum absolute atomic E-state index is 0.0432. The average molecular weight is 273 g/mol. The molecule has 1 aromatic carbocycles. The molecule has 1 heterocycles. The van der Waals surface area contributed by atoms with Crippen molar-refractivity contribution in [3.05, 3.63) is 38.9 Å².